The van der Waals surface area contributed by atoms with Gasteiger partial charge in [-0.2, -0.15) is 5.10 Å². The monoisotopic (exact) mass is 430 g/mol. The molecular formula is C25H26N4OS. The van der Waals surface area contributed by atoms with Gasteiger partial charge in [-0.3, -0.25) is 4.79 Å². The highest BCUT2D eigenvalue weighted by Crippen LogP contribution is 2.23. The lowest BCUT2D eigenvalue weighted by Gasteiger charge is -2.04. The van der Waals surface area contributed by atoms with Gasteiger partial charge in [0.05, 0.1) is 17.8 Å². The molecule has 0 spiro atoms. The number of amides is 1. The number of hydrogen-bond acceptors (Lipinski definition) is 4. The van der Waals surface area contributed by atoms with Gasteiger partial charge in [-0.1, -0.05) is 60.2 Å². The number of hydrogen-bond donors (Lipinski definition) is 1. The van der Waals surface area contributed by atoms with Gasteiger partial charge in [-0.25, -0.2) is 9.67 Å². The first-order valence-corrected chi connectivity index (χ1v) is 11.2. The summed E-state index contributed by atoms with van der Waals surface area (Å²) in [5, 5.41) is 10.4. The molecule has 0 saturated carbocycles. The molecule has 0 atom stereocenters. The molecule has 1 amide bonds. The van der Waals surface area contributed by atoms with Crippen molar-refractivity contribution < 1.29 is 4.79 Å². The fourth-order valence-corrected chi connectivity index (χ4v) is 4.35. The summed E-state index contributed by atoms with van der Waals surface area (Å²) in [6.45, 7) is 6.74. The summed E-state index contributed by atoms with van der Waals surface area (Å²) < 4.78 is 1.90. The topological polar surface area (TPSA) is 59.8 Å². The molecule has 1 N–H and O–H groups in total. The van der Waals surface area contributed by atoms with Crippen LogP contribution in [0.5, 0.6) is 0 Å². The highest BCUT2D eigenvalue weighted by molar-refractivity contribution is 7.12. The lowest BCUT2D eigenvalue weighted by atomic mass is 10.0. The van der Waals surface area contributed by atoms with Crippen molar-refractivity contribution in [1.82, 2.24) is 20.1 Å². The second kappa shape index (κ2) is 9.27. The van der Waals surface area contributed by atoms with Gasteiger partial charge in [0.25, 0.3) is 0 Å². The molecule has 0 aliphatic carbocycles. The fraction of sp³-hybridized carbons (Fsp3) is 0.240. The molecule has 0 aliphatic rings. The molecule has 2 heterocycles. The van der Waals surface area contributed by atoms with Crippen LogP contribution in [0.1, 0.15) is 39.3 Å². The highest BCUT2D eigenvalue weighted by Gasteiger charge is 2.16. The molecule has 0 fully saturated rings. The Bertz CT molecular complexity index is 1180. The average molecular weight is 431 g/mol. The van der Waals surface area contributed by atoms with E-state index >= 15 is 0 Å². The largest absolute Gasteiger partial charge is 0.352 e. The molecule has 0 aliphatic heterocycles. The number of nitrogens with zero attached hydrogens (tertiary/aromatic N) is 3. The van der Waals surface area contributed by atoms with Gasteiger partial charge in [0.2, 0.25) is 11.0 Å². The highest BCUT2D eigenvalue weighted by atomic mass is 32.1. The Labute approximate surface area is 186 Å². The van der Waals surface area contributed by atoms with Crippen LogP contribution in [0.4, 0.5) is 0 Å². The summed E-state index contributed by atoms with van der Waals surface area (Å²) in [7, 11) is 0. The minimum atomic E-state index is -0.0332. The number of carbonyl (C=O) groups is 1. The van der Waals surface area contributed by atoms with E-state index in [0.717, 1.165) is 34.2 Å². The van der Waals surface area contributed by atoms with Crippen LogP contribution in [0, 0.1) is 20.8 Å². The third-order valence-corrected chi connectivity index (χ3v) is 6.20. The molecule has 0 saturated heterocycles. The molecule has 0 bridgehead atoms. The fourth-order valence-electron chi connectivity index (χ4n) is 3.53. The normalized spacial score (nSPS) is 10.9. The summed E-state index contributed by atoms with van der Waals surface area (Å²) >= 11 is 1.51. The molecule has 2 aromatic heterocycles. The van der Waals surface area contributed by atoms with Crippen LogP contribution in [-0.4, -0.2) is 20.7 Å². The average Bonchev–Trinajstić information content (AvgIpc) is 3.34. The predicted octanol–water partition coefficient (Wildman–Crippen LogP) is 4.70. The number of carbonyl (C=O) groups excluding carboxylic acids is 1. The summed E-state index contributed by atoms with van der Waals surface area (Å²) in [5.74, 6) is -0.0332. The van der Waals surface area contributed by atoms with E-state index in [9.17, 15) is 4.79 Å². The molecule has 4 rings (SSSR count). The van der Waals surface area contributed by atoms with Crippen LogP contribution in [0.15, 0.2) is 60.0 Å². The minimum Gasteiger partial charge on any atom is -0.352 e. The molecule has 2 aromatic carbocycles. The molecule has 4 aromatic rings. The zero-order valence-corrected chi connectivity index (χ0v) is 18.9. The van der Waals surface area contributed by atoms with Crippen molar-refractivity contribution in [3.63, 3.8) is 0 Å². The number of thiazole rings is 1. The maximum atomic E-state index is 12.3. The Morgan fingerprint density at radius 2 is 1.74 bits per heavy atom. The molecule has 31 heavy (non-hydrogen) atoms. The minimum absolute atomic E-state index is 0.0332. The Morgan fingerprint density at radius 1 is 1.00 bits per heavy atom. The standard InChI is InChI=1S/C25H26N4OS/c1-17-9-11-20(12-10-17)13-23-18(2)28-29(19(23)3)25-27-22(16-31-25)14-24(30)26-15-21-7-5-4-6-8-21/h4-12,16H,13-15H2,1-3H3,(H,26,30). The van der Waals surface area contributed by atoms with Gasteiger partial charge in [-0.15, -0.1) is 11.3 Å². The number of aromatic nitrogens is 3. The van der Waals surface area contributed by atoms with Crippen LogP contribution < -0.4 is 5.32 Å². The number of nitrogens with one attached hydrogen (secondary N) is 1. The van der Waals surface area contributed by atoms with E-state index in [4.69, 9.17) is 5.10 Å². The zero-order valence-electron chi connectivity index (χ0n) is 18.1. The smallest absolute Gasteiger partial charge is 0.226 e. The maximum Gasteiger partial charge on any atom is 0.226 e. The van der Waals surface area contributed by atoms with Crippen molar-refractivity contribution in [1.29, 1.82) is 0 Å². The van der Waals surface area contributed by atoms with Crippen molar-refractivity contribution in [2.75, 3.05) is 0 Å². The van der Waals surface area contributed by atoms with Crippen molar-refractivity contribution in [3.8, 4) is 5.13 Å². The lowest BCUT2D eigenvalue weighted by Crippen LogP contribution is -2.24. The first kappa shape index (κ1) is 21.0. The van der Waals surface area contributed by atoms with Gasteiger partial charge in [0.1, 0.15) is 0 Å². The Balaban J connectivity index is 1.43. The van der Waals surface area contributed by atoms with Gasteiger partial charge >= 0.3 is 0 Å². The summed E-state index contributed by atoms with van der Waals surface area (Å²) in [6.07, 6.45) is 1.11. The quantitative estimate of drug-likeness (QED) is 0.462. The van der Waals surface area contributed by atoms with Crippen LogP contribution in [0.2, 0.25) is 0 Å². The molecule has 158 valence electrons. The second-order valence-corrected chi connectivity index (χ2v) is 8.62. The third kappa shape index (κ3) is 5.09. The molecule has 6 heteroatoms. The summed E-state index contributed by atoms with van der Waals surface area (Å²) in [6, 6.07) is 18.5. The maximum absolute atomic E-state index is 12.3. The second-order valence-electron chi connectivity index (χ2n) is 7.78. The van der Waals surface area contributed by atoms with Crippen molar-refractivity contribution in [2.45, 2.75) is 40.2 Å². The van der Waals surface area contributed by atoms with Crippen molar-refractivity contribution >= 4 is 17.2 Å². The molecular weight excluding hydrogens is 404 g/mol. The van der Waals surface area contributed by atoms with Crippen LogP contribution in [0.3, 0.4) is 0 Å². The van der Waals surface area contributed by atoms with E-state index in [-0.39, 0.29) is 12.3 Å². The molecule has 5 nitrogen and oxygen atoms in total. The first-order chi connectivity index (χ1) is 15.0. The van der Waals surface area contributed by atoms with E-state index in [2.05, 4.69) is 48.4 Å². The summed E-state index contributed by atoms with van der Waals surface area (Å²) in [4.78, 5) is 17.0. The van der Waals surface area contributed by atoms with E-state index in [1.54, 1.807) is 0 Å². The number of rotatable bonds is 7. The van der Waals surface area contributed by atoms with Crippen LogP contribution >= 0.6 is 11.3 Å². The van der Waals surface area contributed by atoms with E-state index in [0.29, 0.717) is 6.54 Å². The van der Waals surface area contributed by atoms with Crippen molar-refractivity contribution in [2.24, 2.45) is 0 Å². The van der Waals surface area contributed by atoms with Gasteiger partial charge in [0.15, 0.2) is 0 Å². The van der Waals surface area contributed by atoms with Gasteiger partial charge in [0, 0.05) is 29.6 Å². The molecule has 0 unspecified atom stereocenters. The van der Waals surface area contributed by atoms with Crippen LogP contribution in [0.25, 0.3) is 5.13 Å². The van der Waals surface area contributed by atoms with E-state index in [1.165, 1.54) is 28.0 Å². The summed E-state index contributed by atoms with van der Waals surface area (Å²) in [5.41, 5.74) is 7.70. The van der Waals surface area contributed by atoms with E-state index in [1.807, 2.05) is 47.3 Å². The Hall–Kier alpha value is -3.25. The first-order valence-electron chi connectivity index (χ1n) is 10.4. The zero-order chi connectivity index (χ0) is 21.8. The predicted molar refractivity (Wildman–Crippen MR) is 125 cm³/mol. The SMILES string of the molecule is Cc1ccc(Cc2c(C)nn(-c3nc(CC(=O)NCc4ccccc4)cs3)c2C)cc1. The van der Waals surface area contributed by atoms with Gasteiger partial charge < -0.3 is 5.32 Å². The van der Waals surface area contributed by atoms with E-state index < -0.39 is 0 Å². The number of benzene rings is 2. The molecule has 0 radical (unpaired) electrons. The van der Waals surface area contributed by atoms with Crippen LogP contribution in [-0.2, 0) is 24.2 Å². The number of aryl methyl sites for hydroxylation is 2. The Morgan fingerprint density at radius 3 is 2.48 bits per heavy atom. The lowest BCUT2D eigenvalue weighted by molar-refractivity contribution is -0.120. The third-order valence-electron chi connectivity index (χ3n) is 5.34. The van der Waals surface area contributed by atoms with Gasteiger partial charge in [-0.05, 0) is 31.9 Å². The Kier molecular flexibility index (Phi) is 6.28. The van der Waals surface area contributed by atoms with Crippen molar-refractivity contribution in [3.05, 3.63) is 99.3 Å².